The van der Waals surface area contributed by atoms with Crippen molar-refractivity contribution in [2.45, 2.75) is 59.5 Å². The Hall–Kier alpha value is -0.0800. The molecule has 0 aromatic carbocycles. The van der Waals surface area contributed by atoms with Crippen molar-refractivity contribution in [3.05, 3.63) is 0 Å². The zero-order valence-corrected chi connectivity index (χ0v) is 12.0. The molecule has 16 heavy (non-hydrogen) atoms. The summed E-state index contributed by atoms with van der Waals surface area (Å²) in [5.74, 6) is 0.752. The lowest BCUT2D eigenvalue weighted by molar-refractivity contribution is 0.140. The van der Waals surface area contributed by atoms with E-state index in [1.165, 1.54) is 25.9 Å². The second-order valence-electron chi connectivity index (χ2n) is 6.80. The van der Waals surface area contributed by atoms with Crippen LogP contribution in [-0.2, 0) is 0 Å². The molecule has 2 nitrogen and oxygen atoms in total. The molecule has 1 N–H and O–H groups in total. The summed E-state index contributed by atoms with van der Waals surface area (Å²) in [5.41, 5.74) is 0.394. The van der Waals surface area contributed by atoms with Crippen LogP contribution in [0.4, 0.5) is 0 Å². The van der Waals surface area contributed by atoms with E-state index in [-0.39, 0.29) is 0 Å². The summed E-state index contributed by atoms with van der Waals surface area (Å²) >= 11 is 0. The molecule has 1 aliphatic rings. The standard InChI is InChI=1S/C14H30N2/c1-11(2)15-13-8-7-9-16(6)10-12(13)14(3,4)5/h11-13,15H,7-10H2,1-6H3/t12-,13?/m0/s1. The quantitative estimate of drug-likeness (QED) is 0.779. The summed E-state index contributed by atoms with van der Waals surface area (Å²) in [6.45, 7) is 14.1. The van der Waals surface area contributed by atoms with Crippen LogP contribution < -0.4 is 5.32 Å². The molecule has 0 saturated carbocycles. The van der Waals surface area contributed by atoms with Crippen LogP contribution in [0.2, 0.25) is 0 Å². The van der Waals surface area contributed by atoms with Gasteiger partial charge in [0.2, 0.25) is 0 Å². The van der Waals surface area contributed by atoms with E-state index in [1.807, 2.05) is 0 Å². The Morgan fingerprint density at radius 1 is 1.25 bits per heavy atom. The highest BCUT2D eigenvalue weighted by atomic mass is 15.1. The first-order chi connectivity index (χ1) is 7.30. The first-order valence-corrected chi connectivity index (χ1v) is 6.75. The maximum absolute atomic E-state index is 3.77. The molecule has 1 aliphatic heterocycles. The van der Waals surface area contributed by atoms with E-state index in [1.54, 1.807) is 0 Å². The third-order valence-corrected chi connectivity index (χ3v) is 3.71. The third kappa shape index (κ3) is 4.06. The molecule has 0 aromatic rings. The molecule has 2 heteroatoms. The van der Waals surface area contributed by atoms with Crippen molar-refractivity contribution in [3.63, 3.8) is 0 Å². The summed E-state index contributed by atoms with van der Waals surface area (Å²) in [5, 5.41) is 3.77. The summed E-state index contributed by atoms with van der Waals surface area (Å²) in [4.78, 5) is 2.50. The third-order valence-electron chi connectivity index (χ3n) is 3.71. The Bertz CT molecular complexity index is 205. The number of nitrogens with one attached hydrogen (secondary N) is 1. The molecule has 0 bridgehead atoms. The highest BCUT2D eigenvalue weighted by Gasteiger charge is 2.34. The molecule has 0 amide bonds. The lowest BCUT2D eigenvalue weighted by Crippen LogP contribution is -2.47. The lowest BCUT2D eigenvalue weighted by atomic mass is 9.75. The van der Waals surface area contributed by atoms with Gasteiger partial charge in [-0.15, -0.1) is 0 Å². The Balaban J connectivity index is 2.75. The second-order valence-corrected chi connectivity index (χ2v) is 6.80. The van der Waals surface area contributed by atoms with Gasteiger partial charge in [0, 0.05) is 18.6 Å². The number of rotatable bonds is 2. The molecule has 1 fully saturated rings. The molecule has 0 radical (unpaired) electrons. The van der Waals surface area contributed by atoms with E-state index in [0.29, 0.717) is 17.5 Å². The second kappa shape index (κ2) is 5.50. The van der Waals surface area contributed by atoms with Gasteiger partial charge in [0.25, 0.3) is 0 Å². The van der Waals surface area contributed by atoms with Gasteiger partial charge in [-0.3, -0.25) is 0 Å². The van der Waals surface area contributed by atoms with Crippen LogP contribution in [0.15, 0.2) is 0 Å². The maximum atomic E-state index is 3.77. The smallest absolute Gasteiger partial charge is 0.0115 e. The van der Waals surface area contributed by atoms with E-state index in [0.717, 1.165) is 5.92 Å². The van der Waals surface area contributed by atoms with Crippen molar-refractivity contribution in [2.75, 3.05) is 20.1 Å². The number of hydrogen-bond donors (Lipinski definition) is 1. The molecule has 1 unspecified atom stereocenters. The highest BCUT2D eigenvalue weighted by molar-refractivity contribution is 4.89. The van der Waals surface area contributed by atoms with Crippen LogP contribution in [0.1, 0.15) is 47.5 Å². The Morgan fingerprint density at radius 2 is 1.88 bits per heavy atom. The summed E-state index contributed by atoms with van der Waals surface area (Å²) in [6.07, 6.45) is 2.65. The van der Waals surface area contributed by atoms with Crippen molar-refractivity contribution in [1.29, 1.82) is 0 Å². The van der Waals surface area contributed by atoms with Gasteiger partial charge in [0.1, 0.15) is 0 Å². The van der Waals surface area contributed by atoms with Crippen LogP contribution in [0, 0.1) is 11.3 Å². The molecular weight excluding hydrogens is 196 g/mol. The number of nitrogens with zero attached hydrogens (tertiary/aromatic N) is 1. The molecule has 0 aliphatic carbocycles. The first-order valence-electron chi connectivity index (χ1n) is 6.75. The van der Waals surface area contributed by atoms with Gasteiger partial charge in [-0.25, -0.2) is 0 Å². The predicted octanol–water partition coefficient (Wildman–Crippen LogP) is 2.74. The SMILES string of the molecule is CC(C)NC1CCCN(C)C[C@@H]1C(C)(C)C. The summed E-state index contributed by atoms with van der Waals surface area (Å²) in [6, 6.07) is 1.28. The van der Waals surface area contributed by atoms with Gasteiger partial charge in [0.05, 0.1) is 0 Å². The van der Waals surface area contributed by atoms with E-state index < -0.39 is 0 Å². The van der Waals surface area contributed by atoms with Crippen LogP contribution >= 0.6 is 0 Å². The van der Waals surface area contributed by atoms with Gasteiger partial charge in [-0.05, 0) is 37.8 Å². The Morgan fingerprint density at radius 3 is 2.38 bits per heavy atom. The minimum absolute atomic E-state index is 0.394. The fraction of sp³-hybridized carbons (Fsp3) is 1.00. The maximum Gasteiger partial charge on any atom is 0.0115 e. The van der Waals surface area contributed by atoms with Gasteiger partial charge in [-0.2, -0.15) is 0 Å². The fourth-order valence-electron chi connectivity index (χ4n) is 2.84. The number of hydrogen-bond acceptors (Lipinski definition) is 2. The minimum Gasteiger partial charge on any atom is -0.311 e. The lowest BCUT2D eigenvalue weighted by Gasteiger charge is -2.38. The van der Waals surface area contributed by atoms with Crippen molar-refractivity contribution >= 4 is 0 Å². The molecule has 2 atom stereocenters. The Labute approximate surface area is 102 Å². The molecule has 96 valence electrons. The summed E-state index contributed by atoms with van der Waals surface area (Å²) < 4.78 is 0. The molecule has 1 saturated heterocycles. The molecule has 0 spiro atoms. The van der Waals surface area contributed by atoms with Gasteiger partial charge in [0.15, 0.2) is 0 Å². The van der Waals surface area contributed by atoms with Crippen LogP contribution in [0.5, 0.6) is 0 Å². The predicted molar refractivity (Wildman–Crippen MR) is 71.7 cm³/mol. The average Bonchev–Trinajstić information content (AvgIpc) is 2.26. The van der Waals surface area contributed by atoms with Crippen molar-refractivity contribution in [1.82, 2.24) is 10.2 Å². The van der Waals surface area contributed by atoms with Gasteiger partial charge < -0.3 is 10.2 Å². The topological polar surface area (TPSA) is 15.3 Å². The van der Waals surface area contributed by atoms with Crippen molar-refractivity contribution < 1.29 is 0 Å². The van der Waals surface area contributed by atoms with Crippen LogP contribution in [0.3, 0.4) is 0 Å². The van der Waals surface area contributed by atoms with E-state index in [2.05, 4.69) is 51.9 Å². The van der Waals surface area contributed by atoms with E-state index in [9.17, 15) is 0 Å². The van der Waals surface area contributed by atoms with Crippen LogP contribution in [-0.4, -0.2) is 37.1 Å². The average molecular weight is 226 g/mol. The molecule has 1 rings (SSSR count). The monoisotopic (exact) mass is 226 g/mol. The minimum atomic E-state index is 0.394. The highest BCUT2D eigenvalue weighted by Crippen LogP contribution is 2.33. The van der Waals surface area contributed by atoms with Crippen LogP contribution in [0.25, 0.3) is 0 Å². The Kier molecular flexibility index (Phi) is 4.81. The van der Waals surface area contributed by atoms with Crippen molar-refractivity contribution in [3.8, 4) is 0 Å². The largest absolute Gasteiger partial charge is 0.311 e. The molecule has 1 heterocycles. The normalized spacial score (nSPS) is 29.4. The van der Waals surface area contributed by atoms with E-state index >= 15 is 0 Å². The summed E-state index contributed by atoms with van der Waals surface area (Å²) in [7, 11) is 2.26. The first kappa shape index (κ1) is 14.0. The molecule has 0 aromatic heterocycles. The zero-order valence-electron chi connectivity index (χ0n) is 12.0. The van der Waals surface area contributed by atoms with E-state index in [4.69, 9.17) is 0 Å². The fourth-order valence-corrected chi connectivity index (χ4v) is 2.84. The number of likely N-dealkylation sites (tertiary alicyclic amines) is 1. The zero-order chi connectivity index (χ0) is 12.3. The molecular formula is C14H30N2. The van der Waals surface area contributed by atoms with Crippen molar-refractivity contribution in [2.24, 2.45) is 11.3 Å². The van der Waals surface area contributed by atoms with Gasteiger partial charge in [-0.1, -0.05) is 34.6 Å². The van der Waals surface area contributed by atoms with Gasteiger partial charge >= 0.3 is 0 Å².